The molecule has 2 heteroatoms. The van der Waals surface area contributed by atoms with E-state index >= 15 is 0 Å². The molecule has 0 bridgehead atoms. The van der Waals surface area contributed by atoms with Gasteiger partial charge >= 0.3 is 0 Å². The van der Waals surface area contributed by atoms with Crippen LogP contribution in [-0.4, -0.2) is 11.6 Å². The Hall–Kier alpha value is -0.400. The maximum atomic E-state index is 4.48. The van der Waals surface area contributed by atoms with E-state index in [9.17, 15) is 0 Å². The number of azo groups is 1. The van der Waals surface area contributed by atoms with E-state index < -0.39 is 0 Å². The molecule has 3 atom stereocenters. The number of fused-ring (bicyclic) bond motifs is 2. The van der Waals surface area contributed by atoms with Crippen molar-refractivity contribution in [2.24, 2.45) is 27.0 Å². The lowest BCUT2D eigenvalue weighted by Gasteiger charge is -2.14. The Labute approximate surface area is 73.5 Å². The van der Waals surface area contributed by atoms with Gasteiger partial charge in [0.1, 0.15) is 0 Å². The molecule has 3 rings (SSSR count). The molecule has 3 aliphatic rings. The highest BCUT2D eigenvalue weighted by Crippen LogP contribution is 2.78. The Morgan fingerprint density at radius 2 is 1.75 bits per heavy atom. The van der Waals surface area contributed by atoms with Crippen LogP contribution in [0.25, 0.3) is 0 Å². The van der Waals surface area contributed by atoms with Gasteiger partial charge in [0, 0.05) is 5.92 Å². The first kappa shape index (κ1) is 7.05. The topological polar surface area (TPSA) is 24.7 Å². The third kappa shape index (κ3) is 0.477. The summed E-state index contributed by atoms with van der Waals surface area (Å²) >= 11 is 0. The number of nitrogens with zero attached hydrogens (tertiary/aromatic N) is 2. The quantitative estimate of drug-likeness (QED) is 0.526. The Balaban J connectivity index is 2.00. The van der Waals surface area contributed by atoms with E-state index in [-0.39, 0.29) is 5.54 Å². The molecule has 0 unspecified atom stereocenters. The van der Waals surface area contributed by atoms with Crippen LogP contribution in [0.5, 0.6) is 0 Å². The van der Waals surface area contributed by atoms with E-state index in [1.54, 1.807) is 0 Å². The van der Waals surface area contributed by atoms with E-state index in [1.807, 2.05) is 0 Å². The molecule has 1 heterocycles. The number of hydrogen-bond donors (Lipinski definition) is 0. The van der Waals surface area contributed by atoms with Crippen LogP contribution < -0.4 is 0 Å². The first-order valence-electron chi connectivity index (χ1n) is 4.84. The molecule has 1 aliphatic heterocycles. The highest BCUT2D eigenvalue weighted by Gasteiger charge is 2.81. The summed E-state index contributed by atoms with van der Waals surface area (Å²) in [6, 6.07) is 0.555. The van der Waals surface area contributed by atoms with Crippen LogP contribution in [-0.2, 0) is 0 Å². The Kier molecular flexibility index (Phi) is 0.811. The van der Waals surface area contributed by atoms with E-state index in [2.05, 4.69) is 37.9 Å². The smallest absolute Gasteiger partial charge is 0.0928 e. The highest BCUT2D eigenvalue weighted by atomic mass is 15.3. The molecule has 0 aromatic carbocycles. The molecule has 0 radical (unpaired) electrons. The molecular weight excluding hydrogens is 148 g/mol. The maximum absolute atomic E-state index is 4.48. The zero-order valence-electron chi connectivity index (χ0n) is 8.26. The number of rotatable bonds is 0. The Morgan fingerprint density at radius 3 is 2.00 bits per heavy atom. The SMILES string of the molecule is CC1(C)[C@@H]2N=N[C@@]3(CC3(C)C)[C@@H]21. The molecule has 0 saturated heterocycles. The molecule has 2 saturated carbocycles. The van der Waals surface area contributed by atoms with Gasteiger partial charge in [0.05, 0.1) is 11.6 Å². The van der Waals surface area contributed by atoms with Crippen LogP contribution in [0.4, 0.5) is 0 Å². The van der Waals surface area contributed by atoms with Crippen LogP contribution in [0.1, 0.15) is 34.1 Å². The second kappa shape index (κ2) is 1.38. The molecule has 2 aliphatic carbocycles. The van der Waals surface area contributed by atoms with E-state index in [0.29, 0.717) is 16.9 Å². The number of hydrogen-bond acceptors (Lipinski definition) is 2. The van der Waals surface area contributed by atoms with Gasteiger partial charge in [0.2, 0.25) is 0 Å². The average molecular weight is 164 g/mol. The minimum atomic E-state index is 0.265. The summed E-state index contributed by atoms with van der Waals surface area (Å²) in [5.74, 6) is 0.764. The Morgan fingerprint density at radius 1 is 1.17 bits per heavy atom. The lowest BCUT2D eigenvalue weighted by atomic mass is 9.95. The highest BCUT2D eigenvalue weighted by molar-refractivity contribution is 5.35. The zero-order chi connectivity index (χ0) is 8.78. The van der Waals surface area contributed by atoms with Crippen molar-refractivity contribution in [2.75, 3.05) is 0 Å². The normalized spacial score (nSPS) is 55.7. The van der Waals surface area contributed by atoms with Crippen molar-refractivity contribution >= 4 is 0 Å². The van der Waals surface area contributed by atoms with Crippen LogP contribution in [0.3, 0.4) is 0 Å². The van der Waals surface area contributed by atoms with Gasteiger partial charge in [-0.05, 0) is 17.3 Å². The van der Waals surface area contributed by atoms with Gasteiger partial charge in [-0.3, -0.25) is 0 Å². The molecular formula is C10H16N2. The van der Waals surface area contributed by atoms with Gasteiger partial charge in [-0.1, -0.05) is 27.7 Å². The molecule has 0 N–H and O–H groups in total. The summed E-state index contributed by atoms with van der Waals surface area (Å²) < 4.78 is 0. The van der Waals surface area contributed by atoms with Gasteiger partial charge in [-0.15, -0.1) is 0 Å². The minimum absolute atomic E-state index is 0.265. The molecule has 0 aromatic rings. The molecule has 2 fully saturated rings. The summed E-state index contributed by atoms with van der Waals surface area (Å²) in [6.07, 6.45) is 1.26. The average Bonchev–Trinajstić information content (AvgIpc) is 2.54. The van der Waals surface area contributed by atoms with Gasteiger partial charge in [-0.2, -0.15) is 10.2 Å². The standard InChI is InChI=1S/C10H16N2/c1-8(2)5-10(8)6-7(11-12-10)9(6,3)4/h6-7H,5H2,1-4H3/t6-,7+,10-/m0/s1. The molecule has 0 amide bonds. The summed E-state index contributed by atoms with van der Waals surface area (Å²) in [4.78, 5) is 0. The second-order valence-electron chi connectivity index (χ2n) is 5.94. The van der Waals surface area contributed by atoms with Crippen molar-refractivity contribution in [3.63, 3.8) is 0 Å². The van der Waals surface area contributed by atoms with Crippen LogP contribution in [0.2, 0.25) is 0 Å². The van der Waals surface area contributed by atoms with Crippen molar-refractivity contribution in [3.05, 3.63) is 0 Å². The lowest BCUT2D eigenvalue weighted by molar-refractivity contribution is 0.383. The largest absolute Gasteiger partial charge is 0.189 e. The summed E-state index contributed by atoms with van der Waals surface area (Å²) in [7, 11) is 0. The van der Waals surface area contributed by atoms with E-state index in [1.165, 1.54) is 6.42 Å². The fraction of sp³-hybridized carbons (Fsp3) is 1.00. The van der Waals surface area contributed by atoms with E-state index in [4.69, 9.17) is 0 Å². The zero-order valence-corrected chi connectivity index (χ0v) is 8.26. The Bertz CT molecular complexity index is 288. The third-order valence-electron chi connectivity index (χ3n) is 4.40. The fourth-order valence-electron chi connectivity index (χ4n) is 3.26. The molecule has 66 valence electrons. The third-order valence-corrected chi connectivity index (χ3v) is 4.40. The van der Waals surface area contributed by atoms with Gasteiger partial charge in [0.25, 0.3) is 0 Å². The summed E-state index contributed by atoms with van der Waals surface area (Å²) in [5, 5.41) is 8.88. The second-order valence-corrected chi connectivity index (χ2v) is 5.94. The van der Waals surface area contributed by atoms with Crippen LogP contribution >= 0.6 is 0 Å². The molecule has 0 aromatic heterocycles. The first-order chi connectivity index (χ1) is 5.42. The van der Waals surface area contributed by atoms with Crippen molar-refractivity contribution in [1.82, 2.24) is 0 Å². The van der Waals surface area contributed by atoms with Crippen molar-refractivity contribution < 1.29 is 0 Å². The fourth-order valence-corrected chi connectivity index (χ4v) is 3.26. The maximum Gasteiger partial charge on any atom is 0.0928 e. The summed E-state index contributed by atoms with van der Waals surface area (Å²) in [5.41, 5.74) is 1.15. The summed E-state index contributed by atoms with van der Waals surface area (Å²) in [6.45, 7) is 9.30. The monoisotopic (exact) mass is 164 g/mol. The van der Waals surface area contributed by atoms with Gasteiger partial charge in [-0.25, -0.2) is 0 Å². The van der Waals surface area contributed by atoms with Crippen molar-refractivity contribution in [1.29, 1.82) is 0 Å². The van der Waals surface area contributed by atoms with Gasteiger partial charge in [0.15, 0.2) is 0 Å². The van der Waals surface area contributed by atoms with Gasteiger partial charge < -0.3 is 0 Å². The molecule has 12 heavy (non-hydrogen) atoms. The lowest BCUT2D eigenvalue weighted by Crippen LogP contribution is -2.17. The minimum Gasteiger partial charge on any atom is -0.189 e. The first-order valence-corrected chi connectivity index (χ1v) is 4.84. The van der Waals surface area contributed by atoms with Crippen molar-refractivity contribution in [3.8, 4) is 0 Å². The van der Waals surface area contributed by atoms with Crippen LogP contribution in [0, 0.1) is 16.7 Å². The molecule has 1 spiro atoms. The predicted octanol–water partition coefficient (Wildman–Crippen LogP) is 2.65. The molecule has 2 nitrogen and oxygen atoms in total. The van der Waals surface area contributed by atoms with E-state index in [0.717, 1.165) is 5.92 Å². The van der Waals surface area contributed by atoms with Crippen LogP contribution in [0.15, 0.2) is 10.2 Å². The predicted molar refractivity (Wildman–Crippen MR) is 47.0 cm³/mol. The van der Waals surface area contributed by atoms with Crippen molar-refractivity contribution in [2.45, 2.75) is 45.7 Å².